The van der Waals surface area contributed by atoms with Gasteiger partial charge in [-0.05, 0) is 31.0 Å². The van der Waals surface area contributed by atoms with Crippen LogP contribution >= 0.6 is 0 Å². The molecule has 1 aromatic rings. The standard InChI is InChI=1S/C12H15F4NO/c1-8(17)6-9-2-3-11(18-5-4-13)10(7-9)12(14,15)16/h2-3,7-8H,4-6,17H2,1H3. The maximum absolute atomic E-state index is 12.8. The van der Waals surface area contributed by atoms with Crippen molar-refractivity contribution in [3.05, 3.63) is 29.3 Å². The first-order valence-electron chi connectivity index (χ1n) is 5.49. The van der Waals surface area contributed by atoms with Gasteiger partial charge < -0.3 is 10.5 Å². The van der Waals surface area contributed by atoms with E-state index in [1.165, 1.54) is 12.1 Å². The molecule has 102 valence electrons. The highest BCUT2D eigenvalue weighted by atomic mass is 19.4. The molecule has 0 amide bonds. The molecule has 1 rings (SSSR count). The molecule has 0 radical (unpaired) electrons. The van der Waals surface area contributed by atoms with Gasteiger partial charge in [0.1, 0.15) is 19.0 Å². The molecule has 0 heterocycles. The fraction of sp³-hybridized carbons (Fsp3) is 0.500. The van der Waals surface area contributed by atoms with Crippen molar-refractivity contribution in [2.45, 2.75) is 25.6 Å². The molecule has 0 aliphatic rings. The molecule has 0 aliphatic carbocycles. The van der Waals surface area contributed by atoms with Gasteiger partial charge in [-0.15, -0.1) is 0 Å². The van der Waals surface area contributed by atoms with Crippen molar-refractivity contribution in [1.29, 1.82) is 0 Å². The van der Waals surface area contributed by atoms with Gasteiger partial charge in [0.25, 0.3) is 0 Å². The number of nitrogens with two attached hydrogens (primary N) is 1. The molecule has 1 aromatic carbocycles. The number of ether oxygens (including phenoxy) is 1. The van der Waals surface area contributed by atoms with Gasteiger partial charge in [-0.1, -0.05) is 6.07 Å². The van der Waals surface area contributed by atoms with E-state index in [0.717, 1.165) is 6.07 Å². The molecule has 6 heteroatoms. The average Bonchev–Trinajstić information content (AvgIpc) is 2.25. The molecule has 1 unspecified atom stereocenters. The summed E-state index contributed by atoms with van der Waals surface area (Å²) in [6.07, 6.45) is -4.19. The van der Waals surface area contributed by atoms with Gasteiger partial charge in [0, 0.05) is 6.04 Å². The van der Waals surface area contributed by atoms with Crippen molar-refractivity contribution < 1.29 is 22.3 Å². The largest absolute Gasteiger partial charge is 0.490 e. The normalized spacial score (nSPS) is 13.4. The highest BCUT2D eigenvalue weighted by Crippen LogP contribution is 2.37. The molecule has 0 saturated heterocycles. The van der Waals surface area contributed by atoms with E-state index in [2.05, 4.69) is 0 Å². The molecule has 2 N–H and O–H groups in total. The van der Waals surface area contributed by atoms with Gasteiger partial charge in [-0.3, -0.25) is 0 Å². The lowest BCUT2D eigenvalue weighted by molar-refractivity contribution is -0.139. The SMILES string of the molecule is CC(N)Cc1ccc(OCCF)c(C(F)(F)F)c1. The Bertz CT molecular complexity index is 390. The van der Waals surface area contributed by atoms with Gasteiger partial charge in [0.05, 0.1) is 5.56 Å². The molecular weight excluding hydrogens is 250 g/mol. The summed E-state index contributed by atoms with van der Waals surface area (Å²) in [4.78, 5) is 0. The van der Waals surface area contributed by atoms with Crippen LogP contribution in [-0.2, 0) is 12.6 Å². The lowest BCUT2D eigenvalue weighted by atomic mass is 10.0. The number of halogens is 4. The number of benzene rings is 1. The third-order valence-corrected chi connectivity index (χ3v) is 2.24. The van der Waals surface area contributed by atoms with Crippen molar-refractivity contribution in [2.24, 2.45) is 5.73 Å². The van der Waals surface area contributed by atoms with E-state index in [4.69, 9.17) is 10.5 Å². The van der Waals surface area contributed by atoms with E-state index in [1.54, 1.807) is 6.92 Å². The molecule has 18 heavy (non-hydrogen) atoms. The first-order valence-corrected chi connectivity index (χ1v) is 5.49. The predicted octanol–water partition coefficient (Wildman–Crippen LogP) is 2.94. The van der Waals surface area contributed by atoms with Crippen LogP contribution in [-0.4, -0.2) is 19.3 Å². The second-order valence-electron chi connectivity index (χ2n) is 4.05. The second kappa shape index (κ2) is 6.04. The van der Waals surface area contributed by atoms with Crippen LogP contribution in [0.15, 0.2) is 18.2 Å². The van der Waals surface area contributed by atoms with Crippen molar-refractivity contribution in [2.75, 3.05) is 13.3 Å². The van der Waals surface area contributed by atoms with E-state index in [1.807, 2.05) is 0 Å². The summed E-state index contributed by atoms with van der Waals surface area (Å²) in [6, 6.07) is 3.47. The lowest BCUT2D eigenvalue weighted by Crippen LogP contribution is -2.18. The first kappa shape index (κ1) is 14.8. The van der Waals surface area contributed by atoms with Crippen LogP contribution in [0.5, 0.6) is 5.75 Å². The summed E-state index contributed by atoms with van der Waals surface area (Å²) in [5.41, 5.74) is 5.12. The average molecular weight is 265 g/mol. The quantitative estimate of drug-likeness (QED) is 0.831. The molecule has 0 bridgehead atoms. The van der Waals surface area contributed by atoms with Crippen molar-refractivity contribution in [1.82, 2.24) is 0 Å². The summed E-state index contributed by atoms with van der Waals surface area (Å²) in [7, 11) is 0. The molecule has 1 atom stereocenters. The van der Waals surface area contributed by atoms with Gasteiger partial charge in [-0.25, -0.2) is 4.39 Å². The van der Waals surface area contributed by atoms with E-state index >= 15 is 0 Å². The number of hydrogen-bond donors (Lipinski definition) is 1. The maximum atomic E-state index is 12.8. The van der Waals surface area contributed by atoms with Gasteiger partial charge in [-0.2, -0.15) is 13.2 Å². The summed E-state index contributed by atoms with van der Waals surface area (Å²) in [6.45, 7) is 0.482. The Kier molecular flexibility index (Phi) is 4.95. The number of hydrogen-bond acceptors (Lipinski definition) is 2. The molecular formula is C12H15F4NO. The maximum Gasteiger partial charge on any atom is 0.419 e. The highest BCUT2D eigenvalue weighted by Gasteiger charge is 2.34. The second-order valence-corrected chi connectivity index (χ2v) is 4.05. The fourth-order valence-electron chi connectivity index (χ4n) is 1.57. The van der Waals surface area contributed by atoms with E-state index < -0.39 is 25.0 Å². The Morgan fingerprint density at radius 2 is 2.00 bits per heavy atom. The van der Waals surface area contributed by atoms with Gasteiger partial charge in [0.15, 0.2) is 0 Å². The number of rotatable bonds is 5. The summed E-state index contributed by atoms with van der Waals surface area (Å²) >= 11 is 0. The van der Waals surface area contributed by atoms with E-state index in [-0.39, 0.29) is 11.8 Å². The molecule has 0 spiro atoms. The Labute approximate surface area is 103 Å². The van der Waals surface area contributed by atoms with Crippen molar-refractivity contribution in [3.8, 4) is 5.75 Å². The van der Waals surface area contributed by atoms with Crippen LogP contribution in [0, 0.1) is 0 Å². The van der Waals surface area contributed by atoms with Crippen molar-refractivity contribution in [3.63, 3.8) is 0 Å². The van der Waals surface area contributed by atoms with Gasteiger partial charge >= 0.3 is 6.18 Å². The van der Waals surface area contributed by atoms with Crippen molar-refractivity contribution >= 4 is 0 Å². The van der Waals surface area contributed by atoms with Crippen LogP contribution in [0.25, 0.3) is 0 Å². The van der Waals surface area contributed by atoms with Crippen LogP contribution in [0.3, 0.4) is 0 Å². The third-order valence-electron chi connectivity index (χ3n) is 2.24. The van der Waals surface area contributed by atoms with E-state index in [9.17, 15) is 17.6 Å². The minimum absolute atomic E-state index is 0.233. The lowest BCUT2D eigenvalue weighted by Gasteiger charge is -2.15. The Morgan fingerprint density at radius 1 is 1.33 bits per heavy atom. The van der Waals surface area contributed by atoms with Crippen LogP contribution in [0.4, 0.5) is 17.6 Å². The minimum Gasteiger partial charge on any atom is -0.490 e. The molecule has 0 aromatic heterocycles. The number of alkyl halides is 4. The molecule has 0 saturated carbocycles. The fourth-order valence-corrected chi connectivity index (χ4v) is 1.57. The monoisotopic (exact) mass is 265 g/mol. The van der Waals surface area contributed by atoms with Gasteiger partial charge in [0.2, 0.25) is 0 Å². The zero-order valence-electron chi connectivity index (χ0n) is 9.93. The minimum atomic E-state index is -4.53. The third kappa shape index (κ3) is 4.18. The summed E-state index contributed by atoms with van der Waals surface area (Å²) in [5, 5.41) is 0. The zero-order valence-corrected chi connectivity index (χ0v) is 9.93. The first-order chi connectivity index (χ1) is 8.34. The summed E-state index contributed by atoms with van der Waals surface area (Å²) in [5.74, 6) is -0.353. The highest BCUT2D eigenvalue weighted by molar-refractivity contribution is 5.39. The molecule has 0 aliphatic heterocycles. The smallest absolute Gasteiger partial charge is 0.419 e. The van der Waals surface area contributed by atoms with Crippen LogP contribution < -0.4 is 10.5 Å². The molecule has 0 fully saturated rings. The predicted molar refractivity (Wildman–Crippen MR) is 60.3 cm³/mol. The summed E-state index contributed by atoms with van der Waals surface area (Å²) < 4.78 is 55.0. The molecule has 2 nitrogen and oxygen atoms in total. The van der Waals surface area contributed by atoms with E-state index in [0.29, 0.717) is 12.0 Å². The Morgan fingerprint density at radius 3 is 2.50 bits per heavy atom. The Balaban J connectivity index is 3.04. The zero-order chi connectivity index (χ0) is 13.8. The topological polar surface area (TPSA) is 35.2 Å². The Hall–Kier alpha value is -1.30. The van der Waals surface area contributed by atoms with Crippen LogP contribution in [0.2, 0.25) is 0 Å². The van der Waals surface area contributed by atoms with Crippen LogP contribution in [0.1, 0.15) is 18.1 Å².